The fourth-order valence-electron chi connectivity index (χ4n) is 2.85. The lowest BCUT2D eigenvalue weighted by Gasteiger charge is -2.04. The molecule has 0 spiro atoms. The van der Waals surface area contributed by atoms with Crippen LogP contribution in [0.15, 0.2) is 41.1 Å². The summed E-state index contributed by atoms with van der Waals surface area (Å²) in [5.74, 6) is 0.941. The highest BCUT2D eigenvalue weighted by Crippen LogP contribution is 2.30. The molecule has 4 rings (SSSR count). The lowest BCUT2D eigenvalue weighted by atomic mass is 10.1. The maximum atomic E-state index is 6.31. The van der Waals surface area contributed by atoms with Crippen molar-refractivity contribution in [3.8, 4) is 0 Å². The molecule has 0 unspecified atom stereocenters. The van der Waals surface area contributed by atoms with E-state index in [1.807, 2.05) is 36.4 Å². The maximum Gasteiger partial charge on any atom is 0.153 e. The van der Waals surface area contributed by atoms with E-state index in [-0.39, 0.29) is 12.4 Å². The predicted octanol–water partition coefficient (Wildman–Crippen LogP) is 4.89. The van der Waals surface area contributed by atoms with Crippen LogP contribution in [0.5, 0.6) is 0 Å². The van der Waals surface area contributed by atoms with Crippen molar-refractivity contribution in [3.05, 3.63) is 58.7 Å². The van der Waals surface area contributed by atoms with Gasteiger partial charge in [0.2, 0.25) is 0 Å². The van der Waals surface area contributed by atoms with Gasteiger partial charge in [-0.15, -0.1) is 12.4 Å². The third-order valence-corrected chi connectivity index (χ3v) is 4.37. The molecule has 1 N–H and O–H groups in total. The molecule has 0 saturated carbocycles. The highest BCUT2D eigenvalue weighted by Gasteiger charge is 2.20. The molecular formula is C18H17Cl2N3O. The first-order valence-corrected chi connectivity index (χ1v) is 8.09. The van der Waals surface area contributed by atoms with Crippen LogP contribution in [0.3, 0.4) is 0 Å². The third kappa shape index (κ3) is 3.46. The predicted molar refractivity (Wildman–Crippen MR) is 99.4 cm³/mol. The summed E-state index contributed by atoms with van der Waals surface area (Å²) in [6, 6.07) is 8.10. The normalized spacial score (nSPS) is 17.5. The summed E-state index contributed by atoms with van der Waals surface area (Å²) in [7, 11) is 0. The van der Waals surface area contributed by atoms with Gasteiger partial charge in [-0.05, 0) is 43.1 Å². The molecule has 4 heterocycles. The van der Waals surface area contributed by atoms with Gasteiger partial charge in [0.05, 0.1) is 6.04 Å². The zero-order chi connectivity index (χ0) is 15.6. The van der Waals surface area contributed by atoms with Crippen molar-refractivity contribution in [2.45, 2.75) is 18.9 Å². The van der Waals surface area contributed by atoms with Gasteiger partial charge in [-0.2, -0.15) is 0 Å². The van der Waals surface area contributed by atoms with E-state index in [0.29, 0.717) is 11.2 Å². The van der Waals surface area contributed by atoms with Crippen LogP contribution >= 0.6 is 24.0 Å². The summed E-state index contributed by atoms with van der Waals surface area (Å²) >= 11 is 6.31. The van der Waals surface area contributed by atoms with E-state index in [9.17, 15) is 0 Å². The van der Waals surface area contributed by atoms with Gasteiger partial charge in [-0.1, -0.05) is 23.8 Å². The molecule has 124 valence electrons. The number of aromatic nitrogens is 2. The minimum absolute atomic E-state index is 0. The lowest BCUT2D eigenvalue weighted by molar-refractivity contribution is 0.471. The second-order valence-electron chi connectivity index (χ2n) is 5.66. The number of nitrogens with zero attached hydrogens (tertiary/aromatic N) is 2. The minimum atomic E-state index is 0. The summed E-state index contributed by atoms with van der Waals surface area (Å²) < 4.78 is 5.97. The smallest absolute Gasteiger partial charge is 0.153 e. The monoisotopic (exact) mass is 361 g/mol. The standard InChI is InChI=1S/C18H16ClN3O.ClH/c19-18-13(4-3-12-5-8-20-9-6-12)10-16-15(22-18)11-17(23-16)14-2-1-7-21-14;/h3-6,8-11,14,21H,1-2,7H2;1H/t14-;/m1./s1. The van der Waals surface area contributed by atoms with Crippen LogP contribution in [-0.4, -0.2) is 16.5 Å². The van der Waals surface area contributed by atoms with E-state index in [4.69, 9.17) is 16.0 Å². The van der Waals surface area contributed by atoms with Crippen molar-refractivity contribution in [1.82, 2.24) is 15.3 Å². The molecule has 1 fully saturated rings. The molecule has 24 heavy (non-hydrogen) atoms. The Morgan fingerprint density at radius 3 is 2.79 bits per heavy atom. The first-order valence-electron chi connectivity index (χ1n) is 7.71. The molecule has 3 aromatic rings. The molecule has 3 aromatic heterocycles. The van der Waals surface area contributed by atoms with Gasteiger partial charge in [0, 0.05) is 24.0 Å². The Bertz CT molecular complexity index is 855. The van der Waals surface area contributed by atoms with Gasteiger partial charge < -0.3 is 9.73 Å². The molecular weight excluding hydrogens is 345 g/mol. The van der Waals surface area contributed by atoms with E-state index in [0.717, 1.165) is 41.0 Å². The number of furan rings is 1. The first kappa shape index (κ1) is 17.0. The Morgan fingerprint density at radius 2 is 2.04 bits per heavy atom. The van der Waals surface area contributed by atoms with Crippen molar-refractivity contribution in [2.75, 3.05) is 6.54 Å². The Labute approximate surface area is 151 Å². The zero-order valence-electron chi connectivity index (χ0n) is 12.9. The molecule has 1 aliphatic rings. The van der Waals surface area contributed by atoms with Crippen molar-refractivity contribution in [1.29, 1.82) is 0 Å². The quantitative estimate of drug-likeness (QED) is 0.674. The Morgan fingerprint density at radius 1 is 1.21 bits per heavy atom. The number of nitrogens with one attached hydrogen (secondary N) is 1. The minimum Gasteiger partial charge on any atom is -0.458 e. The zero-order valence-corrected chi connectivity index (χ0v) is 14.5. The van der Waals surface area contributed by atoms with E-state index < -0.39 is 0 Å². The largest absolute Gasteiger partial charge is 0.458 e. The highest BCUT2D eigenvalue weighted by atomic mass is 35.5. The third-order valence-electron chi connectivity index (χ3n) is 4.07. The average Bonchev–Trinajstić information content (AvgIpc) is 3.22. The van der Waals surface area contributed by atoms with Crippen molar-refractivity contribution < 1.29 is 4.42 Å². The number of fused-ring (bicyclic) bond motifs is 1. The molecule has 1 saturated heterocycles. The van der Waals surface area contributed by atoms with Crippen LogP contribution < -0.4 is 5.32 Å². The topological polar surface area (TPSA) is 51.0 Å². The summed E-state index contributed by atoms with van der Waals surface area (Å²) in [5.41, 5.74) is 3.48. The van der Waals surface area contributed by atoms with Gasteiger partial charge >= 0.3 is 0 Å². The number of pyridine rings is 2. The van der Waals surface area contributed by atoms with Gasteiger partial charge in [0.1, 0.15) is 16.4 Å². The van der Waals surface area contributed by atoms with Crippen LogP contribution in [0.1, 0.15) is 35.8 Å². The fraction of sp³-hybridized carbons (Fsp3) is 0.222. The number of halogens is 2. The number of hydrogen-bond acceptors (Lipinski definition) is 4. The average molecular weight is 362 g/mol. The second-order valence-corrected chi connectivity index (χ2v) is 6.02. The molecule has 0 aliphatic carbocycles. The molecule has 0 radical (unpaired) electrons. The maximum absolute atomic E-state index is 6.31. The van der Waals surface area contributed by atoms with Crippen molar-refractivity contribution >= 4 is 47.3 Å². The van der Waals surface area contributed by atoms with Gasteiger partial charge in [-0.3, -0.25) is 4.98 Å². The van der Waals surface area contributed by atoms with Crippen LogP contribution in [0.25, 0.3) is 23.3 Å². The highest BCUT2D eigenvalue weighted by molar-refractivity contribution is 6.31. The summed E-state index contributed by atoms with van der Waals surface area (Å²) in [5, 5.41) is 3.92. The molecule has 6 heteroatoms. The van der Waals surface area contributed by atoms with Gasteiger partial charge in [-0.25, -0.2) is 4.98 Å². The van der Waals surface area contributed by atoms with Gasteiger partial charge in [0.25, 0.3) is 0 Å². The molecule has 0 bridgehead atoms. The van der Waals surface area contributed by atoms with Crippen LogP contribution in [0.2, 0.25) is 5.15 Å². The molecule has 1 aliphatic heterocycles. The van der Waals surface area contributed by atoms with Crippen LogP contribution in [0.4, 0.5) is 0 Å². The van der Waals surface area contributed by atoms with Crippen LogP contribution in [0, 0.1) is 0 Å². The molecule has 4 nitrogen and oxygen atoms in total. The summed E-state index contributed by atoms with van der Waals surface area (Å²) in [6.07, 6.45) is 9.73. The Hall–Kier alpha value is -1.88. The molecule has 1 atom stereocenters. The second kappa shape index (κ2) is 7.34. The van der Waals surface area contributed by atoms with E-state index in [1.165, 1.54) is 6.42 Å². The lowest BCUT2D eigenvalue weighted by Crippen LogP contribution is -2.11. The summed E-state index contributed by atoms with van der Waals surface area (Å²) in [6.45, 7) is 1.04. The Kier molecular flexibility index (Phi) is 5.19. The first-order chi connectivity index (χ1) is 11.3. The number of rotatable bonds is 3. The van der Waals surface area contributed by atoms with Crippen LogP contribution in [-0.2, 0) is 0 Å². The van der Waals surface area contributed by atoms with Crippen molar-refractivity contribution in [2.24, 2.45) is 0 Å². The van der Waals surface area contributed by atoms with Gasteiger partial charge in [0.15, 0.2) is 5.58 Å². The van der Waals surface area contributed by atoms with E-state index in [1.54, 1.807) is 12.4 Å². The van der Waals surface area contributed by atoms with E-state index in [2.05, 4.69) is 15.3 Å². The molecule has 0 amide bonds. The summed E-state index contributed by atoms with van der Waals surface area (Å²) in [4.78, 5) is 8.47. The SMILES string of the molecule is Cl.Clc1nc2cc([C@H]3CCCN3)oc2cc1C=Cc1ccncc1. The fourth-order valence-corrected chi connectivity index (χ4v) is 3.06. The van der Waals surface area contributed by atoms with Crippen molar-refractivity contribution in [3.63, 3.8) is 0 Å². The van der Waals surface area contributed by atoms with E-state index >= 15 is 0 Å². The molecule has 0 aromatic carbocycles. The number of hydrogen-bond donors (Lipinski definition) is 1. The Balaban J connectivity index is 0.00000169.